The normalized spacial score (nSPS) is 10.5. The molecule has 5 heteroatoms. The Labute approximate surface area is 73.7 Å². The molecular weight excluding hydrogens is 158 g/mol. The van der Waals surface area contributed by atoms with Gasteiger partial charge in [0.2, 0.25) is 0 Å². The highest BCUT2D eigenvalue weighted by Gasteiger charge is 1.86. The van der Waals surface area contributed by atoms with Gasteiger partial charge in [0.05, 0.1) is 13.2 Å². The van der Waals surface area contributed by atoms with Crippen LogP contribution in [0.2, 0.25) is 0 Å². The third-order valence-electron chi connectivity index (χ3n) is 1.11. The Morgan fingerprint density at radius 2 is 1.67 bits per heavy atom. The summed E-state index contributed by atoms with van der Waals surface area (Å²) in [5, 5.41) is 2.97. The molecule has 0 rings (SSSR count). The summed E-state index contributed by atoms with van der Waals surface area (Å²) in [4.78, 5) is 10.0. The van der Waals surface area contributed by atoms with Gasteiger partial charge in [-0.3, -0.25) is 0 Å². The fourth-order valence-electron chi connectivity index (χ4n) is 0.564. The maximum absolute atomic E-state index is 5.03. The average Bonchev–Trinajstić information content (AvgIpc) is 2.10. The van der Waals surface area contributed by atoms with Crippen molar-refractivity contribution in [2.24, 2.45) is 0 Å². The van der Waals surface area contributed by atoms with Gasteiger partial charge < -0.3 is 15.0 Å². The first-order valence-electron chi connectivity index (χ1n) is 4.25. The zero-order valence-corrected chi connectivity index (χ0v) is 7.85. The van der Waals surface area contributed by atoms with Gasteiger partial charge in [-0.05, 0) is 7.05 Å². The Morgan fingerprint density at radius 3 is 2.33 bits per heavy atom. The highest BCUT2D eigenvalue weighted by molar-refractivity contribution is 4.34. The van der Waals surface area contributed by atoms with E-state index in [2.05, 4.69) is 16.3 Å². The molecule has 0 aliphatic heterocycles. The smallest absolute Gasteiger partial charge is 0.0829 e. The molecule has 0 saturated carbocycles. The van der Waals surface area contributed by atoms with Crippen molar-refractivity contribution in [3.8, 4) is 0 Å². The average molecular weight is 177 g/mol. The summed E-state index contributed by atoms with van der Waals surface area (Å²) in [5.41, 5.74) is 5.52. The summed E-state index contributed by atoms with van der Waals surface area (Å²) in [6.07, 6.45) is 0. The lowest BCUT2D eigenvalue weighted by Gasteiger charge is -2.05. The SMILES string of the molecule is CCNOCCNOCCNC. The highest BCUT2D eigenvalue weighted by Crippen LogP contribution is 1.68. The first kappa shape index (κ1) is 11.8. The van der Waals surface area contributed by atoms with Gasteiger partial charge in [-0.15, -0.1) is 0 Å². The van der Waals surface area contributed by atoms with Crippen LogP contribution in [0, 0.1) is 0 Å². The van der Waals surface area contributed by atoms with Crippen LogP contribution in [0.3, 0.4) is 0 Å². The fourth-order valence-corrected chi connectivity index (χ4v) is 0.564. The van der Waals surface area contributed by atoms with Crippen LogP contribution in [0.25, 0.3) is 0 Å². The number of rotatable bonds is 9. The van der Waals surface area contributed by atoms with E-state index in [1.165, 1.54) is 0 Å². The number of hydroxylamine groups is 2. The molecule has 0 spiro atoms. The van der Waals surface area contributed by atoms with E-state index in [9.17, 15) is 0 Å². The van der Waals surface area contributed by atoms with Crippen molar-refractivity contribution >= 4 is 0 Å². The van der Waals surface area contributed by atoms with Gasteiger partial charge >= 0.3 is 0 Å². The summed E-state index contributed by atoms with van der Waals surface area (Å²) in [6.45, 7) is 5.61. The Morgan fingerprint density at radius 1 is 1.00 bits per heavy atom. The van der Waals surface area contributed by atoms with Gasteiger partial charge in [0.15, 0.2) is 0 Å². The van der Waals surface area contributed by atoms with E-state index in [1.54, 1.807) is 0 Å². The molecule has 74 valence electrons. The molecule has 0 saturated heterocycles. The second kappa shape index (κ2) is 10.8. The van der Waals surface area contributed by atoms with Crippen molar-refractivity contribution in [1.82, 2.24) is 16.3 Å². The number of nitrogens with one attached hydrogen (secondary N) is 3. The maximum Gasteiger partial charge on any atom is 0.0829 e. The van der Waals surface area contributed by atoms with E-state index < -0.39 is 0 Å². The van der Waals surface area contributed by atoms with Crippen molar-refractivity contribution in [2.45, 2.75) is 6.92 Å². The molecule has 0 aromatic heterocycles. The summed E-state index contributed by atoms with van der Waals surface area (Å²) < 4.78 is 0. The van der Waals surface area contributed by atoms with E-state index >= 15 is 0 Å². The molecule has 0 amide bonds. The Hall–Kier alpha value is -0.200. The molecule has 0 aliphatic rings. The Balaban J connectivity index is 2.73. The molecule has 0 heterocycles. The van der Waals surface area contributed by atoms with Gasteiger partial charge in [0.25, 0.3) is 0 Å². The lowest BCUT2D eigenvalue weighted by Crippen LogP contribution is -2.27. The third kappa shape index (κ3) is 9.80. The molecule has 5 nitrogen and oxygen atoms in total. The molecule has 0 aliphatic carbocycles. The van der Waals surface area contributed by atoms with Crippen molar-refractivity contribution in [1.29, 1.82) is 0 Å². The van der Waals surface area contributed by atoms with Crippen LogP contribution in [-0.4, -0.2) is 39.9 Å². The Bertz CT molecular complexity index is 73.1. The minimum atomic E-state index is 0.605. The number of likely N-dealkylation sites (N-methyl/N-ethyl adjacent to an activating group) is 1. The van der Waals surface area contributed by atoms with Crippen LogP contribution in [0.4, 0.5) is 0 Å². The Kier molecular flexibility index (Phi) is 10.6. The van der Waals surface area contributed by atoms with Crippen LogP contribution < -0.4 is 16.3 Å². The van der Waals surface area contributed by atoms with Crippen molar-refractivity contribution in [3.63, 3.8) is 0 Å². The van der Waals surface area contributed by atoms with Gasteiger partial charge in [0.1, 0.15) is 0 Å². The minimum absolute atomic E-state index is 0.605. The monoisotopic (exact) mass is 177 g/mol. The number of hydrogen-bond donors (Lipinski definition) is 3. The highest BCUT2D eigenvalue weighted by atomic mass is 16.7. The first-order valence-corrected chi connectivity index (χ1v) is 4.25. The van der Waals surface area contributed by atoms with E-state index in [0.717, 1.165) is 13.1 Å². The molecule has 3 N–H and O–H groups in total. The summed E-state index contributed by atoms with van der Waals surface area (Å²) in [7, 11) is 1.89. The predicted molar refractivity (Wildman–Crippen MR) is 47.5 cm³/mol. The van der Waals surface area contributed by atoms with E-state index in [0.29, 0.717) is 19.8 Å². The van der Waals surface area contributed by atoms with Crippen molar-refractivity contribution in [3.05, 3.63) is 0 Å². The predicted octanol–water partition coefficient (Wildman–Crippen LogP) is -0.732. The molecule has 12 heavy (non-hydrogen) atoms. The third-order valence-corrected chi connectivity index (χ3v) is 1.11. The van der Waals surface area contributed by atoms with Crippen LogP contribution in [0.1, 0.15) is 6.92 Å². The van der Waals surface area contributed by atoms with Gasteiger partial charge in [-0.1, -0.05) is 6.92 Å². The molecule has 0 atom stereocenters. The van der Waals surface area contributed by atoms with Crippen LogP contribution in [-0.2, 0) is 9.68 Å². The van der Waals surface area contributed by atoms with Gasteiger partial charge in [-0.2, -0.15) is 0 Å². The first-order chi connectivity index (χ1) is 5.91. The maximum atomic E-state index is 5.03. The molecule has 0 fully saturated rings. The summed E-state index contributed by atoms with van der Waals surface area (Å²) >= 11 is 0. The zero-order valence-electron chi connectivity index (χ0n) is 7.85. The summed E-state index contributed by atoms with van der Waals surface area (Å²) in [6, 6.07) is 0. The minimum Gasteiger partial charge on any atom is -0.317 e. The zero-order chi connectivity index (χ0) is 9.07. The summed E-state index contributed by atoms with van der Waals surface area (Å²) in [5.74, 6) is 0. The van der Waals surface area contributed by atoms with E-state index in [-0.39, 0.29) is 0 Å². The molecule has 0 aromatic carbocycles. The van der Waals surface area contributed by atoms with Gasteiger partial charge in [0, 0.05) is 19.6 Å². The fraction of sp³-hybridized carbons (Fsp3) is 1.00. The topological polar surface area (TPSA) is 54.5 Å². The number of hydrogen-bond acceptors (Lipinski definition) is 5. The molecule has 0 aromatic rings. The molecule has 0 radical (unpaired) electrons. The standard InChI is InChI=1S/C7H19N3O2/c1-3-9-11-7-5-10-12-6-4-8-2/h8-10H,3-7H2,1-2H3. The molecular formula is C7H19N3O2. The van der Waals surface area contributed by atoms with Crippen molar-refractivity contribution < 1.29 is 9.68 Å². The quantitative estimate of drug-likeness (QED) is 0.320. The van der Waals surface area contributed by atoms with E-state index in [4.69, 9.17) is 9.68 Å². The molecule has 0 unspecified atom stereocenters. The molecule has 0 bridgehead atoms. The van der Waals surface area contributed by atoms with Gasteiger partial charge in [-0.25, -0.2) is 11.0 Å². The second-order valence-corrected chi connectivity index (χ2v) is 2.19. The van der Waals surface area contributed by atoms with Crippen LogP contribution >= 0.6 is 0 Å². The lowest BCUT2D eigenvalue weighted by atomic mass is 10.7. The second-order valence-electron chi connectivity index (χ2n) is 2.19. The largest absolute Gasteiger partial charge is 0.317 e. The lowest BCUT2D eigenvalue weighted by molar-refractivity contribution is -0.00264. The van der Waals surface area contributed by atoms with E-state index in [1.807, 2.05) is 14.0 Å². The van der Waals surface area contributed by atoms with Crippen LogP contribution in [0.5, 0.6) is 0 Å². The van der Waals surface area contributed by atoms with Crippen LogP contribution in [0.15, 0.2) is 0 Å². The van der Waals surface area contributed by atoms with Crippen molar-refractivity contribution in [2.75, 3.05) is 39.9 Å².